The third-order valence-electron chi connectivity index (χ3n) is 5.26. The van der Waals surface area contributed by atoms with E-state index in [1.807, 2.05) is 31.2 Å². The highest BCUT2D eigenvalue weighted by Gasteiger charge is 2.28. The fraction of sp³-hybridized carbons (Fsp3) is 0.280. The third-order valence-corrected chi connectivity index (χ3v) is 8.22. The molecule has 0 fully saturated rings. The first kappa shape index (κ1) is 27.6. The minimum atomic E-state index is -4.48. The van der Waals surface area contributed by atoms with E-state index < -0.39 is 25.0 Å². The molecule has 36 heavy (non-hydrogen) atoms. The maximum Gasteiger partial charge on any atom is 0.340 e. The van der Waals surface area contributed by atoms with Crippen LogP contribution in [0.3, 0.4) is 0 Å². The van der Waals surface area contributed by atoms with E-state index in [1.165, 1.54) is 36.4 Å². The van der Waals surface area contributed by atoms with Crippen molar-refractivity contribution in [2.45, 2.75) is 36.5 Å². The van der Waals surface area contributed by atoms with Gasteiger partial charge in [0, 0.05) is 19.0 Å². The normalized spacial score (nSPS) is 11.9. The van der Waals surface area contributed by atoms with E-state index >= 15 is 0 Å². The van der Waals surface area contributed by atoms with Gasteiger partial charge in [0.25, 0.3) is 0 Å². The van der Waals surface area contributed by atoms with Crippen LogP contribution >= 0.6 is 0 Å². The summed E-state index contributed by atoms with van der Waals surface area (Å²) in [5, 5.41) is 0. The number of benzene rings is 3. The molecule has 3 N–H and O–H groups in total. The zero-order valence-corrected chi connectivity index (χ0v) is 21.8. The van der Waals surface area contributed by atoms with Crippen molar-refractivity contribution in [1.82, 2.24) is 4.72 Å². The van der Waals surface area contributed by atoms with Gasteiger partial charge < -0.3 is 13.8 Å². The molecule has 3 aromatic rings. The predicted octanol–water partition coefficient (Wildman–Crippen LogP) is 3.25. The molecule has 0 aliphatic carbocycles. The summed E-state index contributed by atoms with van der Waals surface area (Å²) in [5.74, 6) is 5.39. The molecule has 0 atom stereocenters. The van der Waals surface area contributed by atoms with Crippen molar-refractivity contribution in [3.05, 3.63) is 83.4 Å². The molecule has 0 radical (unpaired) electrons. The van der Waals surface area contributed by atoms with E-state index in [-0.39, 0.29) is 17.2 Å². The van der Waals surface area contributed by atoms with Gasteiger partial charge in [-0.1, -0.05) is 36.4 Å². The Morgan fingerprint density at radius 2 is 1.50 bits per heavy atom. The number of hydrogen-bond acceptors (Lipinski definition) is 8. The third kappa shape index (κ3) is 7.52. The summed E-state index contributed by atoms with van der Waals surface area (Å²) in [4.78, 5) is 3.65. The Balaban J connectivity index is 1.78. The molecule has 0 aliphatic heterocycles. The number of nitrogens with two attached hydrogens (primary N) is 1. The molecule has 11 heteroatoms. The number of sulfonamides is 1. The van der Waals surface area contributed by atoms with Crippen molar-refractivity contribution >= 4 is 20.1 Å². The Kier molecular flexibility index (Phi) is 9.46. The Bertz CT molecular complexity index is 1390. The van der Waals surface area contributed by atoms with E-state index in [0.29, 0.717) is 37.4 Å². The number of ether oxygens (including phenoxy) is 1. The van der Waals surface area contributed by atoms with Gasteiger partial charge in [0.15, 0.2) is 0 Å². The molecule has 3 rings (SSSR count). The van der Waals surface area contributed by atoms with Crippen molar-refractivity contribution in [2.24, 2.45) is 5.90 Å². The highest BCUT2D eigenvalue weighted by atomic mass is 32.2. The van der Waals surface area contributed by atoms with E-state index in [4.69, 9.17) is 14.8 Å². The summed E-state index contributed by atoms with van der Waals surface area (Å²) in [6.07, 6.45) is 1.00. The number of aryl methyl sites for hydroxylation is 2. The van der Waals surface area contributed by atoms with Crippen molar-refractivity contribution in [1.29, 1.82) is 0 Å². The molecule has 0 saturated carbocycles. The first-order valence-electron chi connectivity index (χ1n) is 11.3. The lowest BCUT2D eigenvalue weighted by atomic mass is 10.1. The summed E-state index contributed by atoms with van der Waals surface area (Å²) >= 11 is 0. The zero-order valence-electron chi connectivity index (χ0n) is 20.1. The largest absolute Gasteiger partial charge is 0.493 e. The van der Waals surface area contributed by atoms with Gasteiger partial charge in [-0.15, -0.1) is 0 Å². The van der Waals surface area contributed by atoms with Crippen molar-refractivity contribution < 1.29 is 30.6 Å². The van der Waals surface area contributed by atoms with Crippen LogP contribution in [-0.4, -0.2) is 36.6 Å². The van der Waals surface area contributed by atoms with Gasteiger partial charge in [-0.3, -0.25) is 0 Å². The Labute approximate surface area is 212 Å². The predicted molar refractivity (Wildman–Crippen MR) is 136 cm³/mol. The fourth-order valence-electron chi connectivity index (χ4n) is 3.52. The standard InChI is InChI=1S/C25H30N2O7S2/c1-19-16-22(32-14-7-15-33-26)18-23(17-19)34-36(30,31)25-11-6-5-10-24(25)35(28,29)27-13-12-21-9-4-3-8-20(21)2/h3-6,8-11,16-18,27H,7,12-15,26H2,1-2H3. The van der Waals surface area contributed by atoms with E-state index in [9.17, 15) is 16.8 Å². The first-order chi connectivity index (χ1) is 17.1. The average Bonchev–Trinajstić information content (AvgIpc) is 2.82. The molecular formula is C25H30N2O7S2. The van der Waals surface area contributed by atoms with Gasteiger partial charge in [-0.2, -0.15) is 8.42 Å². The second kappa shape index (κ2) is 12.3. The van der Waals surface area contributed by atoms with Crippen LogP contribution in [-0.2, 0) is 31.4 Å². The molecule has 0 aromatic heterocycles. The van der Waals surface area contributed by atoms with Crippen LogP contribution in [0.4, 0.5) is 0 Å². The van der Waals surface area contributed by atoms with Crippen LogP contribution in [0.15, 0.2) is 76.5 Å². The van der Waals surface area contributed by atoms with Crippen LogP contribution in [0.5, 0.6) is 11.5 Å². The van der Waals surface area contributed by atoms with Gasteiger partial charge in [-0.05, 0) is 61.2 Å². The quantitative estimate of drug-likeness (QED) is 0.194. The highest BCUT2D eigenvalue weighted by Crippen LogP contribution is 2.28. The Hall–Kier alpha value is -2.96. The molecular weight excluding hydrogens is 504 g/mol. The molecule has 0 spiro atoms. The topological polar surface area (TPSA) is 134 Å². The molecule has 194 valence electrons. The second-order valence-corrected chi connectivity index (χ2v) is 11.4. The zero-order chi connectivity index (χ0) is 26.2. The van der Waals surface area contributed by atoms with Crippen molar-refractivity contribution in [3.8, 4) is 11.5 Å². The molecule has 0 saturated heterocycles. The fourth-order valence-corrected chi connectivity index (χ4v) is 6.27. The van der Waals surface area contributed by atoms with Crippen LogP contribution in [0.1, 0.15) is 23.1 Å². The molecule has 0 bridgehead atoms. The van der Waals surface area contributed by atoms with Crippen LogP contribution in [0.2, 0.25) is 0 Å². The number of rotatable bonds is 13. The van der Waals surface area contributed by atoms with Gasteiger partial charge in [0.1, 0.15) is 21.3 Å². The van der Waals surface area contributed by atoms with Crippen LogP contribution < -0.4 is 19.5 Å². The highest BCUT2D eigenvalue weighted by molar-refractivity contribution is 7.91. The van der Waals surface area contributed by atoms with Crippen LogP contribution in [0, 0.1) is 13.8 Å². The monoisotopic (exact) mass is 534 g/mol. The summed E-state index contributed by atoms with van der Waals surface area (Å²) in [5.41, 5.74) is 2.74. The Morgan fingerprint density at radius 1 is 0.833 bits per heavy atom. The summed E-state index contributed by atoms with van der Waals surface area (Å²) < 4.78 is 65.8. The van der Waals surface area contributed by atoms with Gasteiger partial charge in [0.05, 0.1) is 13.2 Å². The number of hydrogen-bond donors (Lipinski definition) is 2. The lowest BCUT2D eigenvalue weighted by molar-refractivity contribution is 0.122. The van der Waals surface area contributed by atoms with Crippen molar-refractivity contribution in [3.63, 3.8) is 0 Å². The van der Waals surface area contributed by atoms with Gasteiger partial charge in [-0.25, -0.2) is 19.0 Å². The average molecular weight is 535 g/mol. The molecule has 0 aliphatic rings. The minimum Gasteiger partial charge on any atom is -0.493 e. The maximum atomic E-state index is 13.1. The van der Waals surface area contributed by atoms with E-state index in [1.54, 1.807) is 13.0 Å². The smallest absolute Gasteiger partial charge is 0.340 e. The minimum absolute atomic E-state index is 0.000196. The Morgan fingerprint density at radius 3 is 2.22 bits per heavy atom. The number of nitrogens with one attached hydrogen (secondary N) is 1. The van der Waals surface area contributed by atoms with Crippen molar-refractivity contribution in [2.75, 3.05) is 19.8 Å². The van der Waals surface area contributed by atoms with Gasteiger partial charge in [0.2, 0.25) is 10.0 Å². The summed E-state index contributed by atoms with van der Waals surface area (Å²) in [6, 6.07) is 17.6. The summed E-state index contributed by atoms with van der Waals surface area (Å²) in [7, 11) is -8.62. The second-order valence-electron chi connectivity index (χ2n) is 8.11. The molecule has 9 nitrogen and oxygen atoms in total. The van der Waals surface area contributed by atoms with E-state index in [2.05, 4.69) is 9.56 Å². The summed E-state index contributed by atoms with van der Waals surface area (Å²) in [6.45, 7) is 4.43. The lowest BCUT2D eigenvalue weighted by Crippen LogP contribution is -2.28. The SMILES string of the molecule is Cc1cc(OCCCON)cc(OS(=O)(=O)c2ccccc2S(=O)(=O)NCCc2ccccc2C)c1. The molecule has 3 aromatic carbocycles. The first-order valence-corrected chi connectivity index (χ1v) is 14.2. The van der Waals surface area contributed by atoms with Crippen LogP contribution in [0.25, 0.3) is 0 Å². The van der Waals surface area contributed by atoms with E-state index in [0.717, 1.165) is 11.1 Å². The lowest BCUT2D eigenvalue weighted by Gasteiger charge is -2.14. The maximum absolute atomic E-state index is 13.1. The molecule has 0 unspecified atom stereocenters. The van der Waals surface area contributed by atoms with Gasteiger partial charge >= 0.3 is 10.1 Å². The molecule has 0 amide bonds. The molecule has 0 heterocycles.